The van der Waals surface area contributed by atoms with Gasteiger partial charge in [-0.2, -0.15) is 11.8 Å². The van der Waals surface area contributed by atoms with Gasteiger partial charge in [0, 0.05) is 18.3 Å². The lowest BCUT2D eigenvalue weighted by atomic mass is 10.2. The second-order valence-corrected chi connectivity index (χ2v) is 6.86. The minimum Gasteiger partial charge on any atom is -0.466 e. The van der Waals surface area contributed by atoms with Gasteiger partial charge < -0.3 is 14.6 Å². The molecule has 0 aliphatic heterocycles. The number of carbonyl (C=O) groups excluding carboxylic acids is 2. The van der Waals surface area contributed by atoms with E-state index in [0.717, 1.165) is 19.3 Å². The van der Waals surface area contributed by atoms with Crippen LogP contribution in [0.1, 0.15) is 41.1 Å². The van der Waals surface area contributed by atoms with Crippen molar-refractivity contribution in [1.82, 2.24) is 10.2 Å². The molecule has 0 radical (unpaired) electrons. The van der Waals surface area contributed by atoms with Crippen molar-refractivity contribution in [3.8, 4) is 0 Å². The lowest BCUT2D eigenvalue weighted by molar-refractivity contribution is -0.130. The number of carbonyl (C=O) groups is 2. The number of thioether (sulfide) groups is 1. The zero-order valence-corrected chi connectivity index (χ0v) is 14.5. The van der Waals surface area contributed by atoms with E-state index in [0.29, 0.717) is 22.3 Å². The Kier molecular flexibility index (Phi) is 5.56. The Balaban J connectivity index is 1.89. The van der Waals surface area contributed by atoms with Crippen LogP contribution in [0.5, 0.6) is 0 Å². The fourth-order valence-electron chi connectivity index (χ4n) is 3.04. The highest BCUT2D eigenvalue weighted by Gasteiger charge is 2.32. The molecule has 0 bridgehead atoms. The van der Waals surface area contributed by atoms with E-state index in [9.17, 15) is 9.59 Å². The summed E-state index contributed by atoms with van der Waals surface area (Å²) in [6.07, 6.45) is 5.45. The molecule has 1 saturated carbocycles. The normalized spacial score (nSPS) is 20.9. The summed E-state index contributed by atoms with van der Waals surface area (Å²) in [5, 5.41) is 3.20. The standard InChI is InChI=1S/C16H24N2O3S/c1-10-8-12(11(2)21-10)16(20)17-9-15(19)18(3)13-6-5-7-14(13)22-4/h8,13-14H,5-7,9H2,1-4H3,(H,17,20). The number of nitrogens with zero attached hydrogens (tertiary/aromatic N) is 1. The Labute approximate surface area is 135 Å². The molecule has 122 valence electrons. The van der Waals surface area contributed by atoms with E-state index in [4.69, 9.17) is 4.42 Å². The molecule has 1 aromatic heterocycles. The van der Waals surface area contributed by atoms with Gasteiger partial charge in [-0.05, 0) is 39.0 Å². The van der Waals surface area contributed by atoms with E-state index in [2.05, 4.69) is 11.6 Å². The van der Waals surface area contributed by atoms with Gasteiger partial charge in [-0.25, -0.2) is 0 Å². The van der Waals surface area contributed by atoms with E-state index in [1.54, 1.807) is 24.8 Å². The van der Waals surface area contributed by atoms with Gasteiger partial charge in [0.1, 0.15) is 11.5 Å². The number of hydrogen-bond acceptors (Lipinski definition) is 4. The van der Waals surface area contributed by atoms with Crippen molar-refractivity contribution < 1.29 is 14.0 Å². The van der Waals surface area contributed by atoms with Gasteiger partial charge in [0.05, 0.1) is 12.1 Å². The molecule has 22 heavy (non-hydrogen) atoms. The lowest BCUT2D eigenvalue weighted by Crippen LogP contribution is -2.45. The van der Waals surface area contributed by atoms with Crippen LogP contribution in [0.3, 0.4) is 0 Å². The maximum atomic E-state index is 12.3. The topological polar surface area (TPSA) is 62.6 Å². The number of amides is 2. The molecule has 0 saturated heterocycles. The fraction of sp³-hybridized carbons (Fsp3) is 0.625. The first-order valence-electron chi connectivity index (χ1n) is 7.57. The van der Waals surface area contributed by atoms with E-state index >= 15 is 0 Å². The monoisotopic (exact) mass is 324 g/mol. The summed E-state index contributed by atoms with van der Waals surface area (Å²) in [5.74, 6) is 0.968. The summed E-state index contributed by atoms with van der Waals surface area (Å²) in [5.41, 5.74) is 0.496. The number of rotatable bonds is 5. The molecule has 0 aromatic carbocycles. The molecule has 2 rings (SSSR count). The van der Waals surface area contributed by atoms with Gasteiger partial charge in [-0.3, -0.25) is 9.59 Å². The molecule has 2 amide bonds. The highest BCUT2D eigenvalue weighted by molar-refractivity contribution is 7.99. The van der Waals surface area contributed by atoms with Crippen molar-refractivity contribution >= 4 is 23.6 Å². The van der Waals surface area contributed by atoms with Crippen molar-refractivity contribution in [2.45, 2.75) is 44.4 Å². The van der Waals surface area contributed by atoms with Crippen LogP contribution in [0, 0.1) is 13.8 Å². The first-order valence-corrected chi connectivity index (χ1v) is 8.86. The van der Waals surface area contributed by atoms with Gasteiger partial charge in [0.25, 0.3) is 5.91 Å². The highest BCUT2D eigenvalue weighted by Crippen LogP contribution is 2.31. The number of hydrogen-bond donors (Lipinski definition) is 1. The highest BCUT2D eigenvalue weighted by atomic mass is 32.2. The molecule has 2 unspecified atom stereocenters. The quantitative estimate of drug-likeness (QED) is 0.903. The lowest BCUT2D eigenvalue weighted by Gasteiger charge is -2.29. The summed E-state index contributed by atoms with van der Waals surface area (Å²) in [6, 6.07) is 1.97. The van der Waals surface area contributed by atoms with E-state index in [1.807, 2.05) is 18.8 Å². The fourth-order valence-corrected chi connectivity index (χ4v) is 4.08. The van der Waals surface area contributed by atoms with E-state index < -0.39 is 0 Å². The molecule has 5 nitrogen and oxygen atoms in total. The molecule has 1 aliphatic rings. The van der Waals surface area contributed by atoms with Crippen LogP contribution in [0.15, 0.2) is 10.5 Å². The van der Waals surface area contributed by atoms with Crippen LogP contribution >= 0.6 is 11.8 Å². The van der Waals surface area contributed by atoms with Gasteiger partial charge in [0.2, 0.25) is 5.91 Å². The summed E-state index contributed by atoms with van der Waals surface area (Å²) in [7, 11) is 1.83. The van der Waals surface area contributed by atoms with Crippen LogP contribution in [-0.4, -0.2) is 47.9 Å². The second kappa shape index (κ2) is 7.22. The molecule has 1 aliphatic carbocycles. The molecule has 1 N–H and O–H groups in total. The zero-order chi connectivity index (χ0) is 16.3. The smallest absolute Gasteiger partial charge is 0.255 e. The average molecular weight is 324 g/mol. The Bertz CT molecular complexity index is 556. The van der Waals surface area contributed by atoms with Crippen molar-refractivity contribution in [1.29, 1.82) is 0 Å². The van der Waals surface area contributed by atoms with Gasteiger partial charge in [-0.15, -0.1) is 0 Å². The summed E-state index contributed by atoms with van der Waals surface area (Å²) < 4.78 is 5.34. The van der Waals surface area contributed by atoms with Crippen LogP contribution in [0.4, 0.5) is 0 Å². The molecule has 1 heterocycles. The molecule has 0 spiro atoms. The van der Waals surface area contributed by atoms with Crippen LogP contribution in [0.2, 0.25) is 0 Å². The van der Waals surface area contributed by atoms with Crippen LogP contribution in [0.25, 0.3) is 0 Å². The number of likely N-dealkylation sites (N-methyl/N-ethyl adjacent to an activating group) is 1. The Morgan fingerprint density at radius 3 is 2.73 bits per heavy atom. The maximum Gasteiger partial charge on any atom is 0.255 e. The summed E-state index contributed by atoms with van der Waals surface area (Å²) in [6.45, 7) is 3.57. The SMILES string of the molecule is CSC1CCCC1N(C)C(=O)CNC(=O)c1cc(C)oc1C. The minimum absolute atomic E-state index is 0.0244. The molecular formula is C16H24N2O3S. The summed E-state index contributed by atoms with van der Waals surface area (Å²) in [4.78, 5) is 26.2. The molecular weight excluding hydrogens is 300 g/mol. The van der Waals surface area contributed by atoms with Gasteiger partial charge in [0.15, 0.2) is 0 Å². The van der Waals surface area contributed by atoms with Crippen molar-refractivity contribution in [3.63, 3.8) is 0 Å². The van der Waals surface area contributed by atoms with Gasteiger partial charge >= 0.3 is 0 Å². The van der Waals surface area contributed by atoms with E-state index in [-0.39, 0.29) is 24.4 Å². The maximum absolute atomic E-state index is 12.3. The molecule has 2 atom stereocenters. The third kappa shape index (κ3) is 3.66. The van der Waals surface area contributed by atoms with Crippen molar-refractivity contribution in [3.05, 3.63) is 23.2 Å². The number of furan rings is 1. The Morgan fingerprint density at radius 2 is 2.14 bits per heavy atom. The summed E-state index contributed by atoms with van der Waals surface area (Å²) >= 11 is 1.82. The van der Waals surface area contributed by atoms with Crippen LogP contribution in [-0.2, 0) is 4.79 Å². The first-order chi connectivity index (χ1) is 10.4. The van der Waals surface area contributed by atoms with Gasteiger partial charge in [-0.1, -0.05) is 6.42 Å². The third-order valence-electron chi connectivity index (χ3n) is 4.30. The average Bonchev–Trinajstić information content (AvgIpc) is 3.09. The third-order valence-corrected chi connectivity index (χ3v) is 5.45. The number of nitrogens with one attached hydrogen (secondary N) is 1. The zero-order valence-electron chi connectivity index (χ0n) is 13.6. The first kappa shape index (κ1) is 16.9. The predicted octanol–water partition coefficient (Wildman–Crippen LogP) is 2.37. The second-order valence-electron chi connectivity index (χ2n) is 5.79. The number of aryl methyl sites for hydroxylation is 2. The van der Waals surface area contributed by atoms with Crippen molar-refractivity contribution in [2.75, 3.05) is 19.8 Å². The van der Waals surface area contributed by atoms with Crippen LogP contribution < -0.4 is 5.32 Å². The molecule has 1 fully saturated rings. The van der Waals surface area contributed by atoms with E-state index in [1.165, 1.54) is 0 Å². The Hall–Kier alpha value is -1.43. The largest absolute Gasteiger partial charge is 0.466 e. The molecule has 1 aromatic rings. The van der Waals surface area contributed by atoms with Crippen molar-refractivity contribution in [2.24, 2.45) is 0 Å². The molecule has 6 heteroatoms. The Morgan fingerprint density at radius 1 is 1.41 bits per heavy atom. The predicted molar refractivity (Wildman–Crippen MR) is 88.2 cm³/mol. The minimum atomic E-state index is -0.260.